The summed E-state index contributed by atoms with van der Waals surface area (Å²) in [4.78, 5) is 6.18. The van der Waals surface area contributed by atoms with E-state index in [0.717, 1.165) is 18.9 Å². The summed E-state index contributed by atoms with van der Waals surface area (Å²) in [6.45, 7) is 0. The van der Waals surface area contributed by atoms with E-state index in [2.05, 4.69) is 22.1 Å². The van der Waals surface area contributed by atoms with Crippen molar-refractivity contribution in [2.24, 2.45) is 0 Å². The summed E-state index contributed by atoms with van der Waals surface area (Å²) < 4.78 is 4.16. The largest absolute Gasteiger partial charge is 0.337 e. The van der Waals surface area contributed by atoms with Crippen molar-refractivity contribution in [3.8, 4) is 0 Å². The second-order valence-electron chi connectivity index (χ2n) is 4.02. The Bertz CT molecular complexity index is 812. The molecular formula is C14H10N2NaS4. The fraction of sp³-hybridized carbons (Fsp3) is 0. The van der Waals surface area contributed by atoms with Crippen molar-refractivity contribution < 1.29 is 0 Å². The van der Waals surface area contributed by atoms with Crippen LogP contribution < -0.4 is 0 Å². The summed E-state index contributed by atoms with van der Waals surface area (Å²) in [5.74, 6) is 0. The van der Waals surface area contributed by atoms with Gasteiger partial charge in [0.25, 0.3) is 0 Å². The number of hydrogen-bond acceptors (Lipinski definition) is 4. The summed E-state index contributed by atoms with van der Waals surface area (Å²) in [6.07, 6.45) is 0. The van der Waals surface area contributed by atoms with Crippen LogP contribution in [0.15, 0.2) is 48.5 Å². The van der Waals surface area contributed by atoms with Crippen LogP contribution in [0.3, 0.4) is 0 Å². The van der Waals surface area contributed by atoms with E-state index in [0.29, 0.717) is 0 Å². The molecule has 4 aromatic rings. The number of para-hydroxylation sites is 2. The third-order valence-electron chi connectivity index (χ3n) is 2.65. The van der Waals surface area contributed by atoms with Gasteiger partial charge in [-0.3, -0.25) is 0 Å². The average Bonchev–Trinajstić information content (AvgIpc) is 2.99. The molecule has 0 saturated carbocycles. The smallest absolute Gasteiger partial charge is 0.159 e. The zero-order valence-corrected chi connectivity index (χ0v) is 16.5. The first kappa shape index (κ1) is 17.0. The van der Waals surface area contributed by atoms with Gasteiger partial charge in [-0.05, 0) is 48.7 Å². The number of H-pyrrole nitrogens is 2. The molecular weight excluding hydrogens is 347 g/mol. The summed E-state index contributed by atoms with van der Waals surface area (Å²) in [5.41, 5.74) is 2.27. The van der Waals surface area contributed by atoms with Crippen LogP contribution in [-0.2, 0) is 0 Å². The van der Waals surface area contributed by atoms with Gasteiger partial charge in [0.1, 0.15) is 0 Å². The van der Waals surface area contributed by atoms with Crippen LogP contribution in [0.25, 0.3) is 20.4 Å². The fourth-order valence-corrected chi connectivity index (χ4v) is 4.02. The van der Waals surface area contributed by atoms with Gasteiger partial charge in [0.05, 0.1) is 20.4 Å². The van der Waals surface area contributed by atoms with Gasteiger partial charge in [-0.15, -0.1) is 22.7 Å². The molecule has 2 N–H and O–H groups in total. The van der Waals surface area contributed by atoms with E-state index < -0.39 is 0 Å². The van der Waals surface area contributed by atoms with Crippen LogP contribution in [0.2, 0.25) is 0 Å². The number of rotatable bonds is 0. The molecule has 1 radical (unpaired) electrons. The Morgan fingerprint density at radius 2 is 1.05 bits per heavy atom. The van der Waals surface area contributed by atoms with Crippen molar-refractivity contribution >= 4 is 97.1 Å². The van der Waals surface area contributed by atoms with Gasteiger partial charge < -0.3 is 9.97 Å². The molecule has 2 aromatic carbocycles. The molecule has 4 rings (SSSR count). The number of hydrogen-bond donors (Lipinski definition) is 2. The second kappa shape index (κ2) is 7.78. The van der Waals surface area contributed by atoms with Crippen LogP contribution in [0.1, 0.15) is 0 Å². The first-order valence-corrected chi connectivity index (χ1v) is 8.33. The Morgan fingerprint density at radius 3 is 1.43 bits per heavy atom. The molecule has 0 amide bonds. The molecule has 0 fully saturated rings. The summed E-state index contributed by atoms with van der Waals surface area (Å²) in [6, 6.07) is 16.2. The topological polar surface area (TPSA) is 31.6 Å². The minimum Gasteiger partial charge on any atom is -0.337 e. The number of nitrogens with one attached hydrogen (secondary N) is 2. The average molecular weight is 358 g/mol. The Hall–Kier alpha value is -0.340. The molecule has 0 aliphatic carbocycles. The fourth-order valence-electron chi connectivity index (χ4n) is 1.79. The van der Waals surface area contributed by atoms with E-state index >= 15 is 0 Å². The zero-order valence-electron chi connectivity index (χ0n) is 11.3. The Morgan fingerprint density at radius 1 is 0.667 bits per heavy atom. The molecule has 0 aliphatic rings. The maximum Gasteiger partial charge on any atom is 0.159 e. The van der Waals surface area contributed by atoms with Crippen molar-refractivity contribution in [2.45, 2.75) is 0 Å². The van der Waals surface area contributed by atoms with Gasteiger partial charge in [-0.25, -0.2) is 0 Å². The molecule has 0 atom stereocenters. The molecule has 7 heteroatoms. The Balaban J connectivity index is 0.000000147. The predicted octanol–water partition coefficient (Wildman–Crippen LogP) is 5.54. The molecule has 2 heterocycles. The first-order valence-electron chi connectivity index (χ1n) is 5.88. The van der Waals surface area contributed by atoms with Crippen molar-refractivity contribution in [1.29, 1.82) is 0 Å². The van der Waals surface area contributed by atoms with E-state index in [9.17, 15) is 0 Å². The van der Waals surface area contributed by atoms with Crippen molar-refractivity contribution in [3.05, 3.63) is 56.4 Å². The Kier molecular flexibility index (Phi) is 6.31. The maximum absolute atomic E-state index is 4.98. The van der Waals surface area contributed by atoms with E-state index in [1.54, 1.807) is 22.7 Å². The normalized spacial score (nSPS) is 9.90. The summed E-state index contributed by atoms with van der Waals surface area (Å²) in [5, 5.41) is 0. The standard InChI is InChI=1S/2C7H5NS2.Na/c2*9-7-8-5-3-1-2-4-6(5)10-7;/h2*1-4H,(H,8,9);. The number of aromatic nitrogens is 2. The van der Waals surface area contributed by atoms with Crippen LogP contribution >= 0.6 is 47.1 Å². The van der Waals surface area contributed by atoms with Crippen molar-refractivity contribution in [2.75, 3.05) is 0 Å². The number of fused-ring (bicyclic) bond motifs is 2. The second-order valence-corrected chi connectivity index (χ2v) is 7.46. The first-order chi connectivity index (χ1) is 9.72. The molecule has 0 aliphatic heterocycles. The van der Waals surface area contributed by atoms with Crippen molar-refractivity contribution in [1.82, 2.24) is 9.97 Å². The number of benzene rings is 2. The van der Waals surface area contributed by atoms with Gasteiger partial charge in [0.2, 0.25) is 0 Å². The van der Waals surface area contributed by atoms with Gasteiger partial charge >= 0.3 is 0 Å². The molecule has 2 nitrogen and oxygen atoms in total. The zero-order chi connectivity index (χ0) is 13.9. The Labute approximate surface area is 162 Å². The van der Waals surface area contributed by atoms with Crippen LogP contribution in [0, 0.1) is 7.91 Å². The minimum absolute atomic E-state index is 0. The van der Waals surface area contributed by atoms with E-state index in [1.165, 1.54) is 9.40 Å². The molecule has 0 spiro atoms. The van der Waals surface area contributed by atoms with Crippen LogP contribution in [0.5, 0.6) is 0 Å². The van der Waals surface area contributed by atoms with Gasteiger partial charge in [0, 0.05) is 29.6 Å². The summed E-state index contributed by atoms with van der Waals surface area (Å²) in [7, 11) is 0. The van der Waals surface area contributed by atoms with Crippen molar-refractivity contribution in [3.63, 3.8) is 0 Å². The van der Waals surface area contributed by atoms with Gasteiger partial charge in [-0.1, -0.05) is 24.3 Å². The van der Waals surface area contributed by atoms with Gasteiger partial charge in [-0.2, -0.15) is 0 Å². The summed E-state index contributed by atoms with van der Waals surface area (Å²) >= 11 is 13.2. The van der Waals surface area contributed by atoms with Gasteiger partial charge in [0.15, 0.2) is 7.91 Å². The monoisotopic (exact) mass is 357 g/mol. The molecule has 21 heavy (non-hydrogen) atoms. The van der Waals surface area contributed by atoms with Crippen LogP contribution in [-0.4, -0.2) is 39.5 Å². The molecule has 0 saturated heterocycles. The van der Waals surface area contributed by atoms with Crippen LogP contribution in [0.4, 0.5) is 0 Å². The molecule has 0 bridgehead atoms. The molecule has 0 unspecified atom stereocenters. The number of thiazole rings is 2. The third-order valence-corrected chi connectivity index (χ3v) is 5.08. The third kappa shape index (κ3) is 4.32. The number of aromatic amines is 2. The quantitative estimate of drug-likeness (QED) is 0.320. The minimum atomic E-state index is 0. The van der Waals surface area contributed by atoms with E-state index in [4.69, 9.17) is 24.4 Å². The van der Waals surface area contributed by atoms with E-state index in [-0.39, 0.29) is 29.6 Å². The maximum atomic E-state index is 4.98. The molecule has 2 aromatic heterocycles. The predicted molar refractivity (Wildman–Crippen MR) is 99.8 cm³/mol. The van der Waals surface area contributed by atoms with E-state index in [1.807, 2.05) is 36.4 Å². The SMILES string of the molecule is S=c1[nH]c2ccccc2s1.S=c1[nH]c2ccccc2s1.[Na]. The molecule has 101 valence electrons.